The lowest BCUT2D eigenvalue weighted by Crippen LogP contribution is -2.14. The van der Waals surface area contributed by atoms with Crippen molar-refractivity contribution in [3.63, 3.8) is 0 Å². The number of amides is 1. The molecule has 0 atom stereocenters. The first-order valence-corrected chi connectivity index (χ1v) is 8.89. The minimum Gasteiger partial charge on any atom is -0.494 e. The van der Waals surface area contributed by atoms with Crippen LogP contribution in [0, 0.1) is 0 Å². The number of fused-ring (bicyclic) bond motifs is 1. The molecule has 0 unspecified atom stereocenters. The summed E-state index contributed by atoms with van der Waals surface area (Å²) in [6, 6.07) is 7.26. The van der Waals surface area contributed by atoms with Crippen LogP contribution in [0.25, 0.3) is 11.2 Å². The SMILES string of the molecule is CCOc1ccc(NC(=O)CSc2ncnc3c2nnn3CC)cc1. The van der Waals surface area contributed by atoms with E-state index < -0.39 is 0 Å². The number of aromatic nitrogens is 5. The molecule has 0 radical (unpaired) electrons. The first-order chi connectivity index (χ1) is 12.2. The summed E-state index contributed by atoms with van der Waals surface area (Å²) in [5.74, 6) is 0.874. The van der Waals surface area contributed by atoms with Gasteiger partial charge in [-0.15, -0.1) is 5.10 Å². The van der Waals surface area contributed by atoms with Crippen LogP contribution >= 0.6 is 11.8 Å². The van der Waals surface area contributed by atoms with Crippen LogP contribution in [0.1, 0.15) is 13.8 Å². The van der Waals surface area contributed by atoms with Crippen LogP contribution in [0.4, 0.5) is 5.69 Å². The fourth-order valence-electron chi connectivity index (χ4n) is 2.22. The summed E-state index contributed by atoms with van der Waals surface area (Å²) >= 11 is 1.31. The minimum absolute atomic E-state index is 0.121. The van der Waals surface area contributed by atoms with E-state index in [0.29, 0.717) is 29.3 Å². The normalized spacial score (nSPS) is 10.8. The van der Waals surface area contributed by atoms with Gasteiger partial charge in [0.15, 0.2) is 11.2 Å². The third-order valence-electron chi connectivity index (χ3n) is 3.36. The van der Waals surface area contributed by atoms with Crippen molar-refractivity contribution in [3.8, 4) is 5.75 Å². The van der Waals surface area contributed by atoms with Gasteiger partial charge in [0.2, 0.25) is 5.91 Å². The molecule has 2 heterocycles. The van der Waals surface area contributed by atoms with Crippen LogP contribution in [0.2, 0.25) is 0 Å². The van der Waals surface area contributed by atoms with Gasteiger partial charge in [0.05, 0.1) is 12.4 Å². The molecule has 9 heteroatoms. The molecule has 25 heavy (non-hydrogen) atoms. The lowest BCUT2D eigenvalue weighted by Gasteiger charge is -2.07. The highest BCUT2D eigenvalue weighted by Gasteiger charge is 2.13. The molecule has 1 N–H and O–H groups in total. The molecule has 3 aromatic rings. The van der Waals surface area contributed by atoms with E-state index in [9.17, 15) is 4.79 Å². The molecule has 0 saturated heterocycles. The fraction of sp³-hybridized carbons (Fsp3) is 0.312. The summed E-state index contributed by atoms with van der Waals surface area (Å²) in [5.41, 5.74) is 2.01. The number of nitrogens with zero attached hydrogens (tertiary/aromatic N) is 5. The molecule has 0 spiro atoms. The largest absolute Gasteiger partial charge is 0.494 e. The Kier molecular flexibility index (Phi) is 5.44. The molecule has 0 saturated carbocycles. The highest BCUT2D eigenvalue weighted by atomic mass is 32.2. The predicted molar refractivity (Wildman–Crippen MR) is 95.8 cm³/mol. The minimum atomic E-state index is -0.121. The first-order valence-electron chi connectivity index (χ1n) is 7.91. The molecule has 0 aliphatic heterocycles. The Labute approximate surface area is 149 Å². The maximum atomic E-state index is 12.1. The number of aryl methyl sites for hydroxylation is 1. The summed E-state index contributed by atoms with van der Waals surface area (Å²) in [7, 11) is 0. The van der Waals surface area contributed by atoms with Crippen LogP contribution in [0.5, 0.6) is 5.75 Å². The molecular weight excluding hydrogens is 340 g/mol. The Balaban J connectivity index is 1.61. The third kappa shape index (κ3) is 4.05. The standard InChI is InChI=1S/C16H18N6O2S/c1-3-22-15-14(20-21-22)16(18-10-17-15)25-9-13(23)19-11-5-7-12(8-6-11)24-4-2/h5-8,10H,3-4,9H2,1-2H3,(H,19,23). The number of anilines is 1. The fourth-order valence-corrected chi connectivity index (χ4v) is 2.95. The van der Waals surface area contributed by atoms with Gasteiger partial charge >= 0.3 is 0 Å². The van der Waals surface area contributed by atoms with Crippen molar-refractivity contribution < 1.29 is 9.53 Å². The molecular formula is C16H18N6O2S. The van der Waals surface area contributed by atoms with Gasteiger partial charge in [-0.2, -0.15) is 0 Å². The number of nitrogens with one attached hydrogen (secondary N) is 1. The van der Waals surface area contributed by atoms with E-state index in [2.05, 4.69) is 25.6 Å². The molecule has 8 nitrogen and oxygen atoms in total. The summed E-state index contributed by atoms with van der Waals surface area (Å²) in [5, 5.41) is 11.6. The second kappa shape index (κ2) is 7.93. The van der Waals surface area contributed by atoms with Crippen LogP contribution in [0.15, 0.2) is 35.6 Å². The maximum Gasteiger partial charge on any atom is 0.234 e. The van der Waals surface area contributed by atoms with Crippen molar-refractivity contribution in [1.29, 1.82) is 0 Å². The van der Waals surface area contributed by atoms with Gasteiger partial charge in [0.1, 0.15) is 17.1 Å². The predicted octanol–water partition coefficient (Wildman–Crippen LogP) is 2.37. The number of hydrogen-bond acceptors (Lipinski definition) is 7. The summed E-state index contributed by atoms with van der Waals surface area (Å²) < 4.78 is 7.07. The number of carbonyl (C=O) groups excluding carboxylic acids is 1. The molecule has 0 fully saturated rings. The third-order valence-corrected chi connectivity index (χ3v) is 4.33. The molecule has 3 rings (SSSR count). The van der Waals surface area contributed by atoms with Crippen molar-refractivity contribution in [2.45, 2.75) is 25.4 Å². The van der Waals surface area contributed by atoms with Crippen molar-refractivity contribution in [3.05, 3.63) is 30.6 Å². The molecule has 2 aromatic heterocycles. The average molecular weight is 358 g/mol. The van der Waals surface area contributed by atoms with Crippen LogP contribution in [0.3, 0.4) is 0 Å². The second-order valence-electron chi connectivity index (χ2n) is 5.05. The summed E-state index contributed by atoms with van der Waals surface area (Å²) in [6.45, 7) is 5.18. The number of ether oxygens (including phenoxy) is 1. The van der Waals surface area contributed by atoms with Crippen molar-refractivity contribution >= 4 is 34.5 Å². The first kappa shape index (κ1) is 17.2. The van der Waals surface area contributed by atoms with Crippen LogP contribution in [-0.2, 0) is 11.3 Å². The Morgan fingerprint density at radius 2 is 2.04 bits per heavy atom. The van der Waals surface area contributed by atoms with E-state index in [-0.39, 0.29) is 11.7 Å². The summed E-state index contributed by atoms with van der Waals surface area (Å²) in [4.78, 5) is 20.5. The van der Waals surface area contributed by atoms with E-state index in [1.807, 2.05) is 38.1 Å². The number of rotatable bonds is 7. The van der Waals surface area contributed by atoms with E-state index in [4.69, 9.17) is 4.74 Å². The molecule has 1 amide bonds. The second-order valence-corrected chi connectivity index (χ2v) is 6.01. The highest BCUT2D eigenvalue weighted by Crippen LogP contribution is 2.23. The molecule has 130 valence electrons. The summed E-state index contributed by atoms with van der Waals surface area (Å²) in [6.07, 6.45) is 1.46. The zero-order valence-electron chi connectivity index (χ0n) is 14.0. The van der Waals surface area contributed by atoms with Crippen LogP contribution in [-0.4, -0.2) is 43.2 Å². The van der Waals surface area contributed by atoms with Crippen molar-refractivity contribution in [2.75, 3.05) is 17.7 Å². The van der Waals surface area contributed by atoms with E-state index >= 15 is 0 Å². The Bertz CT molecular complexity index is 865. The smallest absolute Gasteiger partial charge is 0.234 e. The highest BCUT2D eigenvalue weighted by molar-refractivity contribution is 8.00. The van der Waals surface area contributed by atoms with Gasteiger partial charge in [-0.3, -0.25) is 4.79 Å². The van der Waals surface area contributed by atoms with Gasteiger partial charge in [0.25, 0.3) is 0 Å². The zero-order chi connectivity index (χ0) is 17.6. The lowest BCUT2D eigenvalue weighted by atomic mass is 10.3. The van der Waals surface area contributed by atoms with Crippen molar-refractivity contribution in [1.82, 2.24) is 25.0 Å². The average Bonchev–Trinajstić information content (AvgIpc) is 3.05. The van der Waals surface area contributed by atoms with Gasteiger partial charge in [0, 0.05) is 12.2 Å². The van der Waals surface area contributed by atoms with Crippen molar-refractivity contribution in [2.24, 2.45) is 0 Å². The van der Waals surface area contributed by atoms with Gasteiger partial charge in [-0.1, -0.05) is 17.0 Å². The van der Waals surface area contributed by atoms with E-state index in [0.717, 1.165) is 11.4 Å². The monoisotopic (exact) mass is 358 g/mol. The van der Waals surface area contributed by atoms with Gasteiger partial charge < -0.3 is 10.1 Å². The molecule has 0 bridgehead atoms. The molecule has 1 aromatic carbocycles. The molecule has 0 aliphatic rings. The van der Waals surface area contributed by atoms with Crippen LogP contribution < -0.4 is 10.1 Å². The Morgan fingerprint density at radius 1 is 1.24 bits per heavy atom. The Hall–Kier alpha value is -2.68. The number of benzene rings is 1. The number of thioether (sulfide) groups is 1. The topological polar surface area (TPSA) is 94.8 Å². The maximum absolute atomic E-state index is 12.1. The van der Waals surface area contributed by atoms with Gasteiger partial charge in [-0.25, -0.2) is 14.6 Å². The quantitative estimate of drug-likeness (QED) is 0.512. The number of hydrogen-bond donors (Lipinski definition) is 1. The lowest BCUT2D eigenvalue weighted by molar-refractivity contribution is -0.113. The van der Waals surface area contributed by atoms with Gasteiger partial charge in [-0.05, 0) is 38.1 Å². The van der Waals surface area contributed by atoms with E-state index in [1.165, 1.54) is 18.1 Å². The molecule has 0 aliphatic carbocycles. The Morgan fingerprint density at radius 3 is 2.76 bits per heavy atom. The number of carbonyl (C=O) groups is 1. The van der Waals surface area contributed by atoms with E-state index in [1.54, 1.807) is 4.68 Å². The zero-order valence-corrected chi connectivity index (χ0v) is 14.8.